The van der Waals surface area contributed by atoms with Gasteiger partial charge in [0.05, 0.1) is 16.8 Å². The van der Waals surface area contributed by atoms with Crippen molar-refractivity contribution in [3.8, 4) is 0 Å². The number of aliphatic imine (C=N–C) groups is 2. The molecule has 0 aromatic heterocycles. The molecule has 0 saturated carbocycles. The molecule has 0 spiro atoms. The Morgan fingerprint density at radius 1 is 0.724 bits per heavy atom. The fourth-order valence-electron chi connectivity index (χ4n) is 3.05. The highest BCUT2D eigenvalue weighted by Crippen LogP contribution is 2.27. The highest BCUT2D eigenvalue weighted by Gasteiger charge is 2.15. The third kappa shape index (κ3) is 5.88. The molecule has 0 unspecified atom stereocenters. The SMILES string of the molecule is CC(=NC(c1ccccc1)c1ccccc1)C(=C=NC(C)(C)C)c1ccccc1. The molecular formula is C27H28N2. The summed E-state index contributed by atoms with van der Waals surface area (Å²) in [5.74, 6) is 3.29. The van der Waals surface area contributed by atoms with Crippen LogP contribution in [0, 0.1) is 0 Å². The van der Waals surface area contributed by atoms with Gasteiger partial charge in [-0.25, -0.2) is 4.99 Å². The number of hydrogen-bond donors (Lipinski definition) is 0. The minimum Gasteiger partial charge on any atom is -0.276 e. The van der Waals surface area contributed by atoms with Gasteiger partial charge in [0.2, 0.25) is 0 Å². The van der Waals surface area contributed by atoms with E-state index < -0.39 is 0 Å². The van der Waals surface area contributed by atoms with Crippen molar-refractivity contribution in [3.63, 3.8) is 0 Å². The molecule has 0 amide bonds. The van der Waals surface area contributed by atoms with Gasteiger partial charge in [-0.1, -0.05) is 91.0 Å². The first-order valence-corrected chi connectivity index (χ1v) is 9.99. The molecule has 146 valence electrons. The van der Waals surface area contributed by atoms with Crippen LogP contribution < -0.4 is 0 Å². The second-order valence-corrected chi connectivity index (χ2v) is 8.07. The molecule has 29 heavy (non-hydrogen) atoms. The van der Waals surface area contributed by atoms with Crippen molar-refractivity contribution < 1.29 is 0 Å². The maximum atomic E-state index is 5.15. The highest BCUT2D eigenvalue weighted by atomic mass is 14.8. The summed E-state index contributed by atoms with van der Waals surface area (Å²) in [4.78, 5) is 9.79. The Kier molecular flexibility index (Phi) is 6.59. The second kappa shape index (κ2) is 9.32. The van der Waals surface area contributed by atoms with Crippen LogP contribution in [0.5, 0.6) is 0 Å². The average molecular weight is 381 g/mol. The number of hydrogen-bond acceptors (Lipinski definition) is 2. The molecule has 0 aliphatic rings. The van der Waals surface area contributed by atoms with E-state index in [1.54, 1.807) is 0 Å². The summed E-state index contributed by atoms with van der Waals surface area (Å²) < 4.78 is 0. The lowest BCUT2D eigenvalue weighted by Gasteiger charge is -2.16. The van der Waals surface area contributed by atoms with Crippen molar-refractivity contribution in [2.45, 2.75) is 39.3 Å². The molecule has 0 N–H and O–H groups in total. The normalized spacial score (nSPS) is 11.8. The van der Waals surface area contributed by atoms with Crippen LogP contribution in [-0.4, -0.2) is 17.1 Å². The van der Waals surface area contributed by atoms with E-state index in [9.17, 15) is 0 Å². The molecule has 0 bridgehead atoms. The molecule has 0 radical (unpaired) electrons. The van der Waals surface area contributed by atoms with Crippen LogP contribution in [0.2, 0.25) is 0 Å². The summed E-state index contributed by atoms with van der Waals surface area (Å²) >= 11 is 0. The van der Waals surface area contributed by atoms with Crippen LogP contribution in [0.1, 0.15) is 50.4 Å². The van der Waals surface area contributed by atoms with E-state index in [1.807, 2.05) is 37.3 Å². The number of benzene rings is 3. The van der Waals surface area contributed by atoms with E-state index >= 15 is 0 Å². The lowest BCUT2D eigenvalue weighted by molar-refractivity contribution is 0.588. The third-order valence-corrected chi connectivity index (χ3v) is 4.48. The minimum atomic E-state index is -0.196. The van der Waals surface area contributed by atoms with Gasteiger partial charge >= 0.3 is 0 Å². The summed E-state index contributed by atoms with van der Waals surface area (Å²) in [7, 11) is 0. The van der Waals surface area contributed by atoms with Crippen molar-refractivity contribution in [1.29, 1.82) is 0 Å². The zero-order valence-electron chi connectivity index (χ0n) is 17.6. The Bertz CT molecular complexity index is 965. The van der Waals surface area contributed by atoms with E-state index in [0.717, 1.165) is 16.8 Å². The van der Waals surface area contributed by atoms with E-state index in [4.69, 9.17) is 4.99 Å². The van der Waals surface area contributed by atoms with Crippen molar-refractivity contribution in [3.05, 3.63) is 108 Å². The maximum absolute atomic E-state index is 5.15. The first-order chi connectivity index (χ1) is 13.9. The topological polar surface area (TPSA) is 24.7 Å². The van der Waals surface area contributed by atoms with Crippen molar-refractivity contribution in [1.82, 2.24) is 0 Å². The van der Waals surface area contributed by atoms with Crippen LogP contribution in [0.3, 0.4) is 0 Å². The predicted octanol–water partition coefficient (Wildman–Crippen LogP) is 6.79. The largest absolute Gasteiger partial charge is 0.276 e. The first-order valence-electron chi connectivity index (χ1n) is 9.99. The van der Waals surface area contributed by atoms with Crippen molar-refractivity contribution in [2.24, 2.45) is 9.98 Å². The van der Waals surface area contributed by atoms with Crippen molar-refractivity contribution >= 4 is 17.2 Å². The van der Waals surface area contributed by atoms with Gasteiger partial charge in [0.25, 0.3) is 0 Å². The number of allylic oxidation sites excluding steroid dienone is 1. The Hall–Kier alpha value is -3.22. The third-order valence-electron chi connectivity index (χ3n) is 4.48. The standard InChI is InChI=1S/C27H28N2/c1-21(25(20-28-27(2,3)4)22-14-8-5-9-15-22)29-26(23-16-10-6-11-17-23)24-18-12-7-13-19-24/h5-19,26H,1-4H3. The first kappa shape index (κ1) is 20.5. The molecule has 2 heteroatoms. The Labute approximate surface area is 174 Å². The summed E-state index contributed by atoms with van der Waals surface area (Å²) in [6.45, 7) is 8.27. The summed E-state index contributed by atoms with van der Waals surface area (Å²) in [6, 6.07) is 31.0. The smallest absolute Gasteiger partial charge is 0.100 e. The lowest BCUT2D eigenvalue weighted by Crippen LogP contribution is -2.10. The average Bonchev–Trinajstić information content (AvgIpc) is 2.73. The zero-order valence-corrected chi connectivity index (χ0v) is 17.6. The molecule has 2 nitrogen and oxygen atoms in total. The quantitative estimate of drug-likeness (QED) is 0.435. The molecule has 0 heterocycles. The molecule has 0 fully saturated rings. The zero-order chi connectivity index (χ0) is 20.7. The van der Waals surface area contributed by atoms with Crippen LogP contribution >= 0.6 is 0 Å². The van der Waals surface area contributed by atoms with E-state index in [1.165, 1.54) is 11.1 Å². The number of nitrogens with zero attached hydrogens (tertiary/aromatic N) is 2. The van der Waals surface area contributed by atoms with E-state index in [0.29, 0.717) is 0 Å². The molecule has 0 saturated heterocycles. The number of rotatable bonds is 5. The van der Waals surface area contributed by atoms with Gasteiger partial charge in [-0.05, 0) is 50.3 Å². The molecule has 3 rings (SSSR count). The molecular weight excluding hydrogens is 352 g/mol. The Morgan fingerprint density at radius 3 is 1.62 bits per heavy atom. The minimum absolute atomic E-state index is 0.0763. The highest BCUT2D eigenvalue weighted by molar-refractivity contribution is 6.30. The van der Waals surface area contributed by atoms with Gasteiger partial charge in [0, 0.05) is 0 Å². The van der Waals surface area contributed by atoms with E-state index in [-0.39, 0.29) is 11.6 Å². The van der Waals surface area contributed by atoms with Gasteiger partial charge < -0.3 is 0 Å². The van der Waals surface area contributed by atoms with Crippen LogP contribution in [0.15, 0.2) is 101 Å². The van der Waals surface area contributed by atoms with Gasteiger partial charge in [-0.3, -0.25) is 4.99 Å². The van der Waals surface area contributed by atoms with Gasteiger partial charge in [-0.2, -0.15) is 0 Å². The monoisotopic (exact) mass is 380 g/mol. The Balaban J connectivity index is 2.13. The van der Waals surface area contributed by atoms with Crippen LogP contribution in [0.25, 0.3) is 5.57 Å². The predicted molar refractivity (Wildman–Crippen MR) is 125 cm³/mol. The maximum Gasteiger partial charge on any atom is 0.100 e. The van der Waals surface area contributed by atoms with Crippen LogP contribution in [-0.2, 0) is 0 Å². The van der Waals surface area contributed by atoms with Gasteiger partial charge in [0.15, 0.2) is 0 Å². The van der Waals surface area contributed by atoms with Gasteiger partial charge in [0.1, 0.15) is 6.04 Å². The van der Waals surface area contributed by atoms with Gasteiger partial charge in [-0.15, -0.1) is 0 Å². The van der Waals surface area contributed by atoms with Crippen molar-refractivity contribution in [2.75, 3.05) is 0 Å². The van der Waals surface area contributed by atoms with Crippen LogP contribution in [0.4, 0.5) is 0 Å². The molecule has 0 aliphatic carbocycles. The molecule has 0 atom stereocenters. The molecule has 3 aromatic rings. The summed E-state index contributed by atoms with van der Waals surface area (Å²) in [5.41, 5.74) is 5.05. The summed E-state index contributed by atoms with van der Waals surface area (Å²) in [5, 5.41) is 0. The van der Waals surface area contributed by atoms with E-state index in [2.05, 4.69) is 92.3 Å². The molecule has 0 aliphatic heterocycles. The lowest BCUT2D eigenvalue weighted by atomic mass is 9.98. The Morgan fingerprint density at radius 2 is 1.17 bits per heavy atom. The fourth-order valence-corrected chi connectivity index (χ4v) is 3.05. The summed E-state index contributed by atoms with van der Waals surface area (Å²) in [6.07, 6.45) is 0. The second-order valence-electron chi connectivity index (χ2n) is 8.07. The molecule has 3 aromatic carbocycles. The fraction of sp³-hybridized carbons (Fsp3) is 0.222.